The van der Waals surface area contributed by atoms with E-state index in [0.29, 0.717) is 17.9 Å². The van der Waals surface area contributed by atoms with Gasteiger partial charge in [0, 0.05) is 18.0 Å². The Morgan fingerprint density at radius 3 is 2.25 bits per heavy atom. The summed E-state index contributed by atoms with van der Waals surface area (Å²) in [5.41, 5.74) is 4.31. The van der Waals surface area contributed by atoms with Crippen LogP contribution in [0, 0.1) is 6.92 Å². The Kier molecular flexibility index (Phi) is 4.09. The molecular formula is C22H27NO. The second-order valence-corrected chi connectivity index (χ2v) is 7.52. The Bertz CT molecular complexity index is 691. The number of ether oxygens (including phenoxy) is 1. The molecule has 2 aromatic rings. The summed E-state index contributed by atoms with van der Waals surface area (Å²) in [4.78, 5) is 2.64. The van der Waals surface area contributed by atoms with Gasteiger partial charge in [-0.25, -0.2) is 0 Å². The van der Waals surface area contributed by atoms with Crippen LogP contribution in [0.25, 0.3) is 0 Å². The topological polar surface area (TPSA) is 12.5 Å². The van der Waals surface area contributed by atoms with Gasteiger partial charge in [-0.1, -0.05) is 42.0 Å². The highest BCUT2D eigenvalue weighted by molar-refractivity contribution is 5.36. The van der Waals surface area contributed by atoms with Crippen molar-refractivity contribution < 1.29 is 4.74 Å². The molecule has 2 aliphatic rings. The van der Waals surface area contributed by atoms with E-state index in [9.17, 15) is 0 Å². The molecule has 0 spiro atoms. The number of hydrogen-bond donors (Lipinski definition) is 0. The largest absolute Gasteiger partial charge is 0.497 e. The van der Waals surface area contributed by atoms with Gasteiger partial charge in [0.2, 0.25) is 0 Å². The maximum atomic E-state index is 5.35. The van der Waals surface area contributed by atoms with Crippen molar-refractivity contribution in [2.45, 2.75) is 50.1 Å². The Morgan fingerprint density at radius 2 is 1.58 bits per heavy atom. The monoisotopic (exact) mass is 321 g/mol. The molecule has 0 aromatic heterocycles. The SMILES string of the molecule is COc1ccc([C@H]2C3CCC(C[C@H]2c2ccc(C)cc2)N3C)cc1. The van der Waals surface area contributed by atoms with E-state index in [2.05, 4.69) is 67.4 Å². The fraction of sp³-hybridized carbons (Fsp3) is 0.455. The summed E-state index contributed by atoms with van der Waals surface area (Å²) in [5, 5.41) is 0. The molecule has 2 nitrogen and oxygen atoms in total. The van der Waals surface area contributed by atoms with Crippen molar-refractivity contribution in [3.63, 3.8) is 0 Å². The molecular weight excluding hydrogens is 294 g/mol. The standard InChI is InChI=1S/C22H27NO/c1-15-4-6-16(7-5-15)20-14-18-10-13-21(23(18)2)22(20)17-8-11-19(24-3)12-9-17/h4-9,11-12,18,20-22H,10,13-14H2,1-3H3/t18?,20-,21?,22+/m0/s1. The van der Waals surface area contributed by atoms with Crippen LogP contribution < -0.4 is 4.74 Å². The highest BCUT2D eigenvalue weighted by Gasteiger charge is 2.46. The smallest absolute Gasteiger partial charge is 0.118 e. The van der Waals surface area contributed by atoms with Gasteiger partial charge in [-0.3, -0.25) is 4.90 Å². The van der Waals surface area contributed by atoms with Crippen molar-refractivity contribution in [2.24, 2.45) is 0 Å². The molecule has 2 bridgehead atoms. The van der Waals surface area contributed by atoms with Crippen LogP contribution in [0.1, 0.15) is 47.8 Å². The summed E-state index contributed by atoms with van der Waals surface area (Å²) in [6.45, 7) is 2.17. The molecule has 2 aliphatic heterocycles. The van der Waals surface area contributed by atoms with Gasteiger partial charge in [0.25, 0.3) is 0 Å². The normalized spacial score (nSPS) is 29.6. The molecule has 0 radical (unpaired) electrons. The number of piperidine rings is 1. The summed E-state index contributed by atoms with van der Waals surface area (Å²) < 4.78 is 5.35. The third kappa shape index (κ3) is 2.63. The molecule has 0 N–H and O–H groups in total. The molecule has 0 amide bonds. The van der Waals surface area contributed by atoms with Crippen LogP contribution in [0.5, 0.6) is 5.75 Å². The van der Waals surface area contributed by atoms with E-state index in [1.54, 1.807) is 7.11 Å². The minimum absolute atomic E-state index is 0.572. The quantitative estimate of drug-likeness (QED) is 0.810. The first-order chi connectivity index (χ1) is 11.7. The van der Waals surface area contributed by atoms with Gasteiger partial charge in [-0.05, 0) is 62.4 Å². The second kappa shape index (κ2) is 6.25. The van der Waals surface area contributed by atoms with E-state index in [4.69, 9.17) is 4.74 Å². The van der Waals surface area contributed by atoms with E-state index in [0.717, 1.165) is 11.8 Å². The number of hydrogen-bond acceptors (Lipinski definition) is 2. The van der Waals surface area contributed by atoms with Crippen molar-refractivity contribution in [1.29, 1.82) is 0 Å². The van der Waals surface area contributed by atoms with E-state index in [1.807, 2.05) is 0 Å². The average molecular weight is 321 g/mol. The first-order valence-corrected chi connectivity index (χ1v) is 9.10. The van der Waals surface area contributed by atoms with Crippen LogP contribution in [0.3, 0.4) is 0 Å². The third-order valence-corrected chi connectivity index (χ3v) is 6.27. The fourth-order valence-electron chi connectivity index (χ4n) is 4.90. The number of methoxy groups -OCH3 is 1. The Morgan fingerprint density at radius 1 is 0.917 bits per heavy atom. The average Bonchev–Trinajstić information content (AvgIpc) is 2.85. The lowest BCUT2D eigenvalue weighted by Crippen LogP contribution is -2.44. The predicted octanol–water partition coefficient (Wildman–Crippen LogP) is 4.74. The Hall–Kier alpha value is -1.80. The summed E-state index contributed by atoms with van der Waals surface area (Å²) in [7, 11) is 4.06. The summed E-state index contributed by atoms with van der Waals surface area (Å²) in [6, 6.07) is 19.4. The lowest BCUT2D eigenvalue weighted by Gasteiger charge is -2.43. The molecule has 0 aliphatic carbocycles. The minimum atomic E-state index is 0.572. The maximum Gasteiger partial charge on any atom is 0.118 e. The van der Waals surface area contributed by atoms with Crippen LogP contribution in [0.2, 0.25) is 0 Å². The summed E-state index contributed by atoms with van der Waals surface area (Å²) in [6.07, 6.45) is 3.93. The second-order valence-electron chi connectivity index (χ2n) is 7.52. The fourth-order valence-corrected chi connectivity index (χ4v) is 4.90. The third-order valence-electron chi connectivity index (χ3n) is 6.27. The van der Waals surface area contributed by atoms with Crippen LogP contribution in [0.4, 0.5) is 0 Å². The Balaban J connectivity index is 1.73. The molecule has 4 rings (SSSR count). The van der Waals surface area contributed by atoms with Crippen molar-refractivity contribution in [1.82, 2.24) is 4.90 Å². The van der Waals surface area contributed by atoms with Gasteiger partial charge in [0.15, 0.2) is 0 Å². The van der Waals surface area contributed by atoms with E-state index >= 15 is 0 Å². The molecule has 2 saturated heterocycles. The first-order valence-electron chi connectivity index (χ1n) is 9.10. The van der Waals surface area contributed by atoms with Gasteiger partial charge in [-0.2, -0.15) is 0 Å². The molecule has 0 saturated carbocycles. The number of rotatable bonds is 3. The first kappa shape index (κ1) is 15.7. The molecule has 2 unspecified atom stereocenters. The van der Waals surface area contributed by atoms with Crippen molar-refractivity contribution >= 4 is 0 Å². The highest BCUT2D eigenvalue weighted by atomic mass is 16.5. The molecule has 2 heterocycles. The molecule has 24 heavy (non-hydrogen) atoms. The number of likely N-dealkylation sites (N-methyl/N-ethyl adjacent to an activating group) is 1. The van der Waals surface area contributed by atoms with E-state index in [1.165, 1.54) is 36.0 Å². The lowest BCUT2D eigenvalue weighted by atomic mass is 9.72. The zero-order valence-corrected chi connectivity index (χ0v) is 14.9. The van der Waals surface area contributed by atoms with Gasteiger partial charge in [0.1, 0.15) is 5.75 Å². The number of benzene rings is 2. The predicted molar refractivity (Wildman–Crippen MR) is 98.8 cm³/mol. The molecule has 2 heteroatoms. The van der Waals surface area contributed by atoms with E-state index in [-0.39, 0.29) is 0 Å². The van der Waals surface area contributed by atoms with Crippen LogP contribution in [-0.4, -0.2) is 31.1 Å². The highest BCUT2D eigenvalue weighted by Crippen LogP contribution is 2.50. The van der Waals surface area contributed by atoms with Gasteiger partial charge >= 0.3 is 0 Å². The molecule has 2 fully saturated rings. The van der Waals surface area contributed by atoms with Gasteiger partial charge < -0.3 is 4.74 Å². The lowest BCUT2D eigenvalue weighted by molar-refractivity contribution is 0.137. The van der Waals surface area contributed by atoms with Gasteiger partial charge in [-0.15, -0.1) is 0 Å². The minimum Gasteiger partial charge on any atom is -0.497 e. The Labute approximate surface area is 145 Å². The van der Waals surface area contributed by atoms with Crippen LogP contribution in [0.15, 0.2) is 48.5 Å². The van der Waals surface area contributed by atoms with Crippen molar-refractivity contribution in [3.05, 3.63) is 65.2 Å². The number of nitrogens with zero attached hydrogens (tertiary/aromatic N) is 1. The molecule has 4 atom stereocenters. The van der Waals surface area contributed by atoms with Crippen LogP contribution in [-0.2, 0) is 0 Å². The molecule has 126 valence electrons. The van der Waals surface area contributed by atoms with Crippen LogP contribution >= 0.6 is 0 Å². The van der Waals surface area contributed by atoms with Gasteiger partial charge in [0.05, 0.1) is 7.11 Å². The zero-order chi connectivity index (χ0) is 16.7. The van der Waals surface area contributed by atoms with E-state index < -0.39 is 0 Å². The summed E-state index contributed by atoms with van der Waals surface area (Å²) in [5.74, 6) is 2.13. The number of fused-ring (bicyclic) bond motifs is 2. The van der Waals surface area contributed by atoms with Crippen molar-refractivity contribution in [3.8, 4) is 5.75 Å². The molecule has 2 aromatic carbocycles. The van der Waals surface area contributed by atoms with Crippen molar-refractivity contribution in [2.75, 3.05) is 14.2 Å². The maximum absolute atomic E-state index is 5.35. The summed E-state index contributed by atoms with van der Waals surface area (Å²) >= 11 is 0. The zero-order valence-electron chi connectivity index (χ0n) is 14.9. The number of aryl methyl sites for hydroxylation is 1.